The maximum Gasteiger partial charge on any atom is 0.261 e. The van der Waals surface area contributed by atoms with Gasteiger partial charge < -0.3 is 5.32 Å². The van der Waals surface area contributed by atoms with Crippen LogP contribution in [0.3, 0.4) is 0 Å². The molecule has 9 heteroatoms. The zero-order valence-electron chi connectivity index (χ0n) is 17.3. The molecule has 2 N–H and O–H groups in total. The smallest absolute Gasteiger partial charge is 0.261 e. The topological polar surface area (TPSA) is 101 Å². The van der Waals surface area contributed by atoms with Crippen molar-refractivity contribution < 1.29 is 17.6 Å². The molecule has 4 aromatic rings. The van der Waals surface area contributed by atoms with E-state index in [9.17, 15) is 17.6 Å². The molecule has 2 atom stereocenters. The summed E-state index contributed by atoms with van der Waals surface area (Å²) in [4.78, 5) is 20.7. The number of halogens is 1. The van der Waals surface area contributed by atoms with E-state index in [4.69, 9.17) is 0 Å². The van der Waals surface area contributed by atoms with Crippen LogP contribution < -0.4 is 10.0 Å². The van der Waals surface area contributed by atoms with Crippen LogP contribution in [0.2, 0.25) is 0 Å². The van der Waals surface area contributed by atoms with Gasteiger partial charge in [-0.1, -0.05) is 18.2 Å². The predicted octanol–water partition coefficient (Wildman–Crippen LogP) is 4.31. The van der Waals surface area contributed by atoms with Crippen molar-refractivity contribution in [1.82, 2.24) is 9.97 Å². The lowest BCUT2D eigenvalue weighted by molar-refractivity contribution is -0.117. The van der Waals surface area contributed by atoms with E-state index in [-0.39, 0.29) is 28.3 Å². The highest BCUT2D eigenvalue weighted by Gasteiger charge is 2.44. The van der Waals surface area contributed by atoms with Gasteiger partial charge in [0.2, 0.25) is 5.91 Å². The third-order valence-corrected chi connectivity index (χ3v) is 7.07. The van der Waals surface area contributed by atoms with E-state index in [1.807, 2.05) is 0 Å². The molecule has 166 valence electrons. The van der Waals surface area contributed by atoms with Crippen LogP contribution in [0.1, 0.15) is 17.9 Å². The summed E-state index contributed by atoms with van der Waals surface area (Å²) in [6, 6.07) is 14.5. The molecule has 33 heavy (non-hydrogen) atoms. The van der Waals surface area contributed by atoms with E-state index >= 15 is 0 Å². The van der Waals surface area contributed by atoms with Crippen LogP contribution in [0.5, 0.6) is 0 Å². The molecule has 2 heterocycles. The summed E-state index contributed by atoms with van der Waals surface area (Å²) >= 11 is 0. The Bertz CT molecular complexity index is 1440. The Morgan fingerprint density at radius 3 is 2.52 bits per heavy atom. The van der Waals surface area contributed by atoms with Crippen molar-refractivity contribution >= 4 is 38.1 Å². The lowest BCUT2D eigenvalue weighted by Gasteiger charge is -2.09. The van der Waals surface area contributed by atoms with Gasteiger partial charge in [0.05, 0.1) is 22.5 Å². The maximum atomic E-state index is 14.7. The maximum absolute atomic E-state index is 14.7. The Morgan fingerprint density at radius 1 is 0.970 bits per heavy atom. The second-order valence-corrected chi connectivity index (χ2v) is 9.56. The minimum Gasteiger partial charge on any atom is -0.323 e. The fourth-order valence-corrected chi connectivity index (χ4v) is 4.88. The fourth-order valence-electron chi connectivity index (χ4n) is 3.84. The number of aromatic nitrogens is 2. The minimum absolute atomic E-state index is 0.0410. The molecular weight excluding hydrogens is 443 g/mol. The van der Waals surface area contributed by atoms with Crippen LogP contribution in [0.15, 0.2) is 84.3 Å². The van der Waals surface area contributed by atoms with E-state index in [1.54, 1.807) is 48.8 Å². The van der Waals surface area contributed by atoms with Crippen molar-refractivity contribution in [3.05, 3.63) is 90.8 Å². The summed E-state index contributed by atoms with van der Waals surface area (Å²) in [5, 5.41) is 3.73. The van der Waals surface area contributed by atoms with Gasteiger partial charge in [0.15, 0.2) is 5.82 Å². The first-order valence-electron chi connectivity index (χ1n) is 10.3. The first-order chi connectivity index (χ1) is 15.9. The fraction of sp³-hybridized carbons (Fsp3) is 0.125. The number of rotatable bonds is 6. The van der Waals surface area contributed by atoms with E-state index in [0.717, 1.165) is 5.56 Å². The molecule has 2 aromatic heterocycles. The zero-order chi connectivity index (χ0) is 23.0. The number of amides is 1. The second kappa shape index (κ2) is 8.25. The molecule has 1 amide bonds. The van der Waals surface area contributed by atoms with E-state index in [0.29, 0.717) is 22.9 Å². The quantitative estimate of drug-likeness (QED) is 0.445. The Balaban J connectivity index is 1.26. The second-order valence-electron chi connectivity index (χ2n) is 7.88. The molecule has 5 rings (SSSR count). The summed E-state index contributed by atoms with van der Waals surface area (Å²) in [5.74, 6) is -1.09. The third-order valence-electron chi connectivity index (χ3n) is 5.67. The Labute approximate surface area is 189 Å². The number of pyridine rings is 2. The van der Waals surface area contributed by atoms with Gasteiger partial charge in [-0.3, -0.25) is 19.5 Å². The normalized spacial score (nSPS) is 17.5. The van der Waals surface area contributed by atoms with Crippen LogP contribution in [-0.2, 0) is 14.8 Å². The van der Waals surface area contributed by atoms with Crippen LogP contribution >= 0.6 is 0 Å². The van der Waals surface area contributed by atoms with Crippen molar-refractivity contribution in [2.45, 2.75) is 17.2 Å². The molecule has 0 bridgehead atoms. The highest BCUT2D eigenvalue weighted by atomic mass is 32.2. The molecule has 0 spiro atoms. The zero-order valence-corrected chi connectivity index (χ0v) is 18.1. The molecule has 2 aromatic carbocycles. The first-order valence-corrected chi connectivity index (χ1v) is 11.8. The standard InChI is InChI=1S/C24H19FN4O3S/c25-23-19-9-11-27-13-16(19)5-8-22(23)28-24(30)21-12-20(21)15-3-6-18(7-4-15)33(31,32)29-17-2-1-10-26-14-17/h1-11,13-14,20-21,29H,12H2,(H,28,30)/t20-,21+/m0/s1. The van der Waals surface area contributed by atoms with Gasteiger partial charge in [0, 0.05) is 35.3 Å². The number of hydrogen-bond donors (Lipinski definition) is 2. The highest BCUT2D eigenvalue weighted by Crippen LogP contribution is 2.48. The number of carbonyl (C=O) groups is 1. The summed E-state index contributed by atoms with van der Waals surface area (Å²) in [6.07, 6.45) is 6.67. The SMILES string of the molecule is O=C(Nc1ccc2cnccc2c1F)[C@@H]1C[C@H]1c1ccc(S(=O)(=O)Nc2cccnc2)cc1. The monoisotopic (exact) mass is 462 g/mol. The average molecular weight is 463 g/mol. The van der Waals surface area contributed by atoms with Crippen molar-refractivity contribution in [2.24, 2.45) is 5.92 Å². The summed E-state index contributed by atoms with van der Waals surface area (Å²) in [5.41, 5.74) is 1.37. The van der Waals surface area contributed by atoms with E-state index in [2.05, 4.69) is 20.0 Å². The molecule has 1 aliphatic rings. The lowest BCUT2D eigenvalue weighted by atomic mass is 10.1. The van der Waals surface area contributed by atoms with Gasteiger partial charge in [-0.2, -0.15) is 0 Å². The van der Waals surface area contributed by atoms with Crippen LogP contribution in [0, 0.1) is 11.7 Å². The largest absolute Gasteiger partial charge is 0.323 e. The summed E-state index contributed by atoms with van der Waals surface area (Å²) < 4.78 is 42.3. The number of fused-ring (bicyclic) bond motifs is 1. The van der Waals surface area contributed by atoms with Crippen LogP contribution in [0.4, 0.5) is 15.8 Å². The van der Waals surface area contributed by atoms with Gasteiger partial charge in [0.25, 0.3) is 10.0 Å². The molecule has 0 unspecified atom stereocenters. The van der Waals surface area contributed by atoms with Crippen molar-refractivity contribution in [1.29, 1.82) is 0 Å². The predicted molar refractivity (Wildman–Crippen MR) is 123 cm³/mol. The molecule has 1 aliphatic carbocycles. The van der Waals surface area contributed by atoms with E-state index < -0.39 is 15.8 Å². The van der Waals surface area contributed by atoms with Gasteiger partial charge in [-0.15, -0.1) is 0 Å². The Hall–Kier alpha value is -3.85. The number of benzene rings is 2. The molecule has 1 saturated carbocycles. The molecular formula is C24H19FN4O3S. The number of anilines is 2. The molecule has 0 saturated heterocycles. The van der Waals surface area contributed by atoms with Crippen LogP contribution in [-0.4, -0.2) is 24.3 Å². The van der Waals surface area contributed by atoms with Gasteiger partial charge in [0.1, 0.15) is 0 Å². The number of hydrogen-bond acceptors (Lipinski definition) is 5. The Morgan fingerprint density at radius 2 is 1.76 bits per heavy atom. The molecule has 0 aliphatic heterocycles. The van der Waals surface area contributed by atoms with E-state index in [1.165, 1.54) is 30.6 Å². The van der Waals surface area contributed by atoms with Crippen LogP contribution in [0.25, 0.3) is 10.8 Å². The Kier molecular flexibility index (Phi) is 5.26. The number of nitrogens with zero attached hydrogens (tertiary/aromatic N) is 2. The number of sulfonamides is 1. The number of carbonyl (C=O) groups excluding carboxylic acids is 1. The average Bonchev–Trinajstić information content (AvgIpc) is 3.63. The molecule has 0 radical (unpaired) electrons. The lowest BCUT2D eigenvalue weighted by Crippen LogP contribution is -2.15. The summed E-state index contributed by atoms with van der Waals surface area (Å²) in [6.45, 7) is 0. The minimum atomic E-state index is -3.74. The number of nitrogens with one attached hydrogen (secondary N) is 2. The molecule has 1 fully saturated rings. The first kappa shape index (κ1) is 21.0. The van der Waals surface area contributed by atoms with Crippen molar-refractivity contribution in [3.8, 4) is 0 Å². The van der Waals surface area contributed by atoms with Gasteiger partial charge in [-0.25, -0.2) is 12.8 Å². The third kappa shape index (κ3) is 4.27. The molecule has 7 nitrogen and oxygen atoms in total. The van der Waals surface area contributed by atoms with Crippen molar-refractivity contribution in [2.75, 3.05) is 10.0 Å². The van der Waals surface area contributed by atoms with Crippen molar-refractivity contribution in [3.63, 3.8) is 0 Å². The summed E-state index contributed by atoms with van der Waals surface area (Å²) in [7, 11) is -3.74. The van der Waals surface area contributed by atoms with Gasteiger partial charge in [-0.05, 0) is 54.3 Å². The van der Waals surface area contributed by atoms with Gasteiger partial charge >= 0.3 is 0 Å². The highest BCUT2D eigenvalue weighted by molar-refractivity contribution is 7.92.